The van der Waals surface area contributed by atoms with Crippen molar-refractivity contribution < 1.29 is 39.6 Å². The molecule has 0 unspecified atom stereocenters. The van der Waals surface area contributed by atoms with Crippen LogP contribution in [0.25, 0.3) is 0 Å². The molecule has 10 nitrogen and oxygen atoms in total. The van der Waals surface area contributed by atoms with Gasteiger partial charge in [-0.05, 0) is 24.3 Å². The monoisotopic (exact) mass is 388 g/mol. The van der Waals surface area contributed by atoms with E-state index in [1.165, 1.54) is 12.1 Å². The zero-order chi connectivity index (χ0) is 20.8. The van der Waals surface area contributed by atoms with Crippen LogP contribution in [0.4, 0.5) is 11.4 Å². The van der Waals surface area contributed by atoms with Gasteiger partial charge >= 0.3 is 11.9 Å². The Labute approximate surface area is 158 Å². The highest BCUT2D eigenvalue weighted by atomic mass is 16.4. The second kappa shape index (κ2) is 8.54. The summed E-state index contributed by atoms with van der Waals surface area (Å²) in [6.07, 6.45) is -0.404. The molecule has 0 aliphatic carbocycles. The lowest BCUT2D eigenvalue weighted by Crippen LogP contribution is -2.17. The van der Waals surface area contributed by atoms with E-state index in [1.54, 1.807) is 0 Å². The second-order valence-electron chi connectivity index (χ2n) is 5.67. The summed E-state index contributed by atoms with van der Waals surface area (Å²) < 4.78 is 0. The van der Waals surface area contributed by atoms with E-state index in [1.807, 2.05) is 0 Å². The molecule has 0 spiro atoms. The van der Waals surface area contributed by atoms with Crippen molar-refractivity contribution in [2.24, 2.45) is 0 Å². The van der Waals surface area contributed by atoms with Crippen LogP contribution in [0, 0.1) is 0 Å². The van der Waals surface area contributed by atoms with Crippen molar-refractivity contribution in [1.29, 1.82) is 0 Å². The third-order valence-corrected chi connectivity index (χ3v) is 3.60. The third kappa shape index (κ3) is 5.21. The quantitative estimate of drug-likeness (QED) is 0.417. The molecular formula is C18H16N2O8. The summed E-state index contributed by atoms with van der Waals surface area (Å²) in [5, 5.41) is 41.7. The molecule has 0 heterocycles. The Hall–Kier alpha value is -4.08. The molecule has 0 bridgehead atoms. The summed E-state index contributed by atoms with van der Waals surface area (Å²) in [5.74, 6) is -4.72. The summed E-state index contributed by atoms with van der Waals surface area (Å²) in [4.78, 5) is 45.4. The maximum absolute atomic E-state index is 11.9. The van der Waals surface area contributed by atoms with Gasteiger partial charge in [-0.1, -0.05) is 0 Å². The highest BCUT2D eigenvalue weighted by Crippen LogP contribution is 2.23. The Kier molecular flexibility index (Phi) is 6.17. The Morgan fingerprint density at radius 2 is 1.04 bits per heavy atom. The van der Waals surface area contributed by atoms with Gasteiger partial charge in [0.15, 0.2) is 0 Å². The Morgan fingerprint density at radius 3 is 1.32 bits per heavy atom. The van der Waals surface area contributed by atoms with E-state index in [4.69, 9.17) is 10.2 Å². The molecule has 6 N–H and O–H groups in total. The number of hydrogen-bond donors (Lipinski definition) is 6. The number of carbonyl (C=O) groups excluding carboxylic acids is 2. The molecule has 0 atom stereocenters. The van der Waals surface area contributed by atoms with Crippen molar-refractivity contribution in [3.8, 4) is 11.5 Å². The molecule has 2 aromatic carbocycles. The second-order valence-corrected chi connectivity index (χ2v) is 5.67. The number of hydrogen-bond acceptors (Lipinski definition) is 6. The first-order valence-corrected chi connectivity index (χ1v) is 7.89. The van der Waals surface area contributed by atoms with Gasteiger partial charge < -0.3 is 31.1 Å². The van der Waals surface area contributed by atoms with Crippen molar-refractivity contribution in [3.05, 3.63) is 47.5 Å². The van der Waals surface area contributed by atoms with Crippen molar-refractivity contribution >= 4 is 35.1 Å². The molecular weight excluding hydrogens is 372 g/mol. The van der Waals surface area contributed by atoms with Gasteiger partial charge in [-0.3, -0.25) is 9.59 Å². The fourth-order valence-corrected chi connectivity index (χ4v) is 2.25. The van der Waals surface area contributed by atoms with Crippen molar-refractivity contribution in [2.75, 3.05) is 10.6 Å². The van der Waals surface area contributed by atoms with E-state index in [2.05, 4.69) is 10.6 Å². The molecule has 28 heavy (non-hydrogen) atoms. The number of carboxylic acid groups (broad SMARTS) is 2. The number of amides is 2. The lowest BCUT2D eigenvalue weighted by Gasteiger charge is -2.08. The minimum Gasteiger partial charge on any atom is -0.507 e. The first-order chi connectivity index (χ1) is 13.2. The van der Waals surface area contributed by atoms with Crippen LogP contribution in [0.15, 0.2) is 36.4 Å². The van der Waals surface area contributed by atoms with Crippen LogP contribution in [0.5, 0.6) is 11.5 Å². The topological polar surface area (TPSA) is 173 Å². The van der Waals surface area contributed by atoms with Crippen molar-refractivity contribution in [1.82, 2.24) is 0 Å². The molecule has 0 aromatic heterocycles. The van der Waals surface area contributed by atoms with Gasteiger partial charge in [-0.25, -0.2) is 9.59 Å². The van der Waals surface area contributed by atoms with E-state index in [9.17, 15) is 29.4 Å². The van der Waals surface area contributed by atoms with Gasteiger partial charge in [0.2, 0.25) is 11.8 Å². The average Bonchev–Trinajstić information content (AvgIpc) is 2.59. The van der Waals surface area contributed by atoms with Gasteiger partial charge in [0, 0.05) is 36.3 Å². The summed E-state index contributed by atoms with van der Waals surface area (Å²) in [6, 6.07) is 7.02. The SMILES string of the molecule is O=C(CCC(=O)Nc1ccc(C(=O)O)c(O)c1)Nc1ccc(C(=O)O)c(O)c1. The highest BCUT2D eigenvalue weighted by Gasteiger charge is 2.13. The number of rotatable bonds is 7. The predicted octanol–water partition coefficient (Wildman–Crippen LogP) is 1.85. The van der Waals surface area contributed by atoms with Crippen LogP contribution in [-0.2, 0) is 9.59 Å². The molecule has 2 amide bonds. The molecule has 0 aliphatic heterocycles. The van der Waals surface area contributed by atoms with Gasteiger partial charge in [0.1, 0.15) is 22.6 Å². The largest absolute Gasteiger partial charge is 0.507 e. The molecule has 10 heteroatoms. The molecule has 0 saturated heterocycles. The van der Waals surface area contributed by atoms with Crippen LogP contribution in [0.1, 0.15) is 33.6 Å². The van der Waals surface area contributed by atoms with Crippen LogP contribution in [0.2, 0.25) is 0 Å². The van der Waals surface area contributed by atoms with Gasteiger partial charge in [0.05, 0.1) is 0 Å². The fourth-order valence-electron chi connectivity index (χ4n) is 2.25. The summed E-state index contributed by atoms with van der Waals surface area (Å²) in [7, 11) is 0. The summed E-state index contributed by atoms with van der Waals surface area (Å²) in [6.45, 7) is 0. The number of aromatic carboxylic acids is 2. The number of anilines is 2. The predicted molar refractivity (Wildman–Crippen MR) is 96.6 cm³/mol. The smallest absolute Gasteiger partial charge is 0.339 e. The Morgan fingerprint density at radius 1 is 0.679 bits per heavy atom. The van der Waals surface area contributed by atoms with E-state index in [0.29, 0.717) is 0 Å². The van der Waals surface area contributed by atoms with Crippen molar-refractivity contribution in [3.63, 3.8) is 0 Å². The summed E-state index contributed by atoms with van der Waals surface area (Å²) >= 11 is 0. The maximum atomic E-state index is 11.9. The highest BCUT2D eigenvalue weighted by molar-refractivity contribution is 5.98. The lowest BCUT2D eigenvalue weighted by atomic mass is 10.1. The Balaban J connectivity index is 1.88. The molecule has 146 valence electrons. The third-order valence-electron chi connectivity index (χ3n) is 3.60. The van der Waals surface area contributed by atoms with E-state index >= 15 is 0 Å². The zero-order valence-corrected chi connectivity index (χ0v) is 14.3. The number of nitrogens with one attached hydrogen (secondary N) is 2. The minimum absolute atomic E-state index is 0.169. The standard InChI is InChI=1S/C18H16N2O8/c21-13-7-9(1-3-11(13)17(25)26)19-15(23)5-6-16(24)20-10-2-4-12(18(27)28)14(22)8-10/h1-4,7-8,21-22H,5-6H2,(H,19,23)(H,20,24)(H,25,26)(H,27,28). The van der Waals surface area contributed by atoms with Gasteiger partial charge in [0.25, 0.3) is 0 Å². The van der Waals surface area contributed by atoms with Crippen LogP contribution in [-0.4, -0.2) is 44.2 Å². The van der Waals surface area contributed by atoms with E-state index in [0.717, 1.165) is 24.3 Å². The zero-order valence-electron chi connectivity index (χ0n) is 14.3. The van der Waals surface area contributed by atoms with E-state index in [-0.39, 0.29) is 35.3 Å². The molecule has 0 fully saturated rings. The fraction of sp³-hybridized carbons (Fsp3) is 0.111. The van der Waals surface area contributed by atoms with Crippen LogP contribution >= 0.6 is 0 Å². The average molecular weight is 388 g/mol. The molecule has 2 aromatic rings. The number of aromatic hydroxyl groups is 2. The number of carboxylic acids is 2. The number of carbonyl (C=O) groups is 4. The number of benzene rings is 2. The molecule has 2 rings (SSSR count). The molecule has 0 saturated carbocycles. The number of phenols is 2. The van der Waals surface area contributed by atoms with Crippen LogP contribution in [0.3, 0.4) is 0 Å². The van der Waals surface area contributed by atoms with Gasteiger partial charge in [-0.15, -0.1) is 0 Å². The minimum atomic E-state index is -1.31. The van der Waals surface area contributed by atoms with Crippen molar-refractivity contribution in [2.45, 2.75) is 12.8 Å². The normalized spacial score (nSPS) is 10.1. The molecule has 0 radical (unpaired) electrons. The first kappa shape index (κ1) is 20.2. The molecule has 0 aliphatic rings. The first-order valence-electron chi connectivity index (χ1n) is 7.89. The maximum Gasteiger partial charge on any atom is 0.339 e. The Bertz CT molecular complexity index is 877. The van der Waals surface area contributed by atoms with E-state index < -0.39 is 35.3 Å². The van der Waals surface area contributed by atoms with Gasteiger partial charge in [-0.2, -0.15) is 0 Å². The summed E-state index contributed by atoms with van der Waals surface area (Å²) in [5.41, 5.74) is -0.284. The van der Waals surface area contributed by atoms with Crippen LogP contribution < -0.4 is 10.6 Å². The lowest BCUT2D eigenvalue weighted by molar-refractivity contribution is -0.121.